The quantitative estimate of drug-likeness (QED) is 0.619. The van der Waals surface area contributed by atoms with E-state index < -0.39 is 0 Å². The van der Waals surface area contributed by atoms with Crippen molar-refractivity contribution < 1.29 is 4.79 Å². The van der Waals surface area contributed by atoms with E-state index in [1.54, 1.807) is 0 Å². The molecular weight excluding hydrogens is 170 g/mol. The van der Waals surface area contributed by atoms with Gasteiger partial charge in [0, 0.05) is 0 Å². The SMILES string of the molecule is NC(=O)[C@@H](Br)C1CC1. The summed E-state index contributed by atoms with van der Waals surface area (Å²) in [5.74, 6) is 0.306. The van der Waals surface area contributed by atoms with Crippen LogP contribution >= 0.6 is 15.9 Å². The molecule has 0 aromatic carbocycles. The van der Waals surface area contributed by atoms with Gasteiger partial charge in [0.1, 0.15) is 0 Å². The molecule has 2 N–H and O–H groups in total. The number of hydrogen-bond donors (Lipinski definition) is 1. The highest BCUT2D eigenvalue weighted by Gasteiger charge is 2.32. The normalized spacial score (nSPS) is 22.6. The molecule has 0 spiro atoms. The molecule has 2 nitrogen and oxygen atoms in total. The number of carbonyl (C=O) groups is 1. The molecule has 0 bridgehead atoms. The molecule has 0 aromatic heterocycles. The molecule has 1 aliphatic carbocycles. The summed E-state index contributed by atoms with van der Waals surface area (Å²) < 4.78 is 0. The first kappa shape index (κ1) is 6.08. The second-order valence-corrected chi connectivity index (χ2v) is 3.13. The lowest BCUT2D eigenvalue weighted by atomic mass is 10.3. The van der Waals surface area contributed by atoms with Gasteiger partial charge in [-0.05, 0) is 18.8 Å². The van der Waals surface area contributed by atoms with Gasteiger partial charge >= 0.3 is 0 Å². The molecule has 1 fully saturated rings. The van der Waals surface area contributed by atoms with Gasteiger partial charge < -0.3 is 5.73 Å². The molecule has 0 heterocycles. The highest BCUT2D eigenvalue weighted by atomic mass is 79.9. The lowest BCUT2D eigenvalue weighted by Crippen LogP contribution is -2.24. The van der Waals surface area contributed by atoms with Crippen molar-refractivity contribution in [3.63, 3.8) is 0 Å². The smallest absolute Gasteiger partial charge is 0.231 e. The molecule has 0 unspecified atom stereocenters. The van der Waals surface area contributed by atoms with Crippen LogP contribution in [0.4, 0.5) is 0 Å². The second-order valence-electron chi connectivity index (χ2n) is 2.14. The number of nitrogens with two attached hydrogens (primary N) is 1. The van der Waals surface area contributed by atoms with Gasteiger partial charge in [-0.15, -0.1) is 0 Å². The summed E-state index contributed by atoms with van der Waals surface area (Å²) in [7, 11) is 0. The second kappa shape index (κ2) is 2.05. The molecule has 46 valence electrons. The van der Waals surface area contributed by atoms with Gasteiger partial charge in [-0.1, -0.05) is 15.9 Å². The van der Waals surface area contributed by atoms with Crippen LogP contribution in [0, 0.1) is 5.92 Å². The maximum Gasteiger partial charge on any atom is 0.231 e. The van der Waals surface area contributed by atoms with E-state index in [0.717, 1.165) is 12.8 Å². The van der Waals surface area contributed by atoms with Crippen LogP contribution in [0.25, 0.3) is 0 Å². The van der Waals surface area contributed by atoms with Crippen LogP contribution in [0.2, 0.25) is 0 Å². The molecule has 1 atom stereocenters. The van der Waals surface area contributed by atoms with Crippen LogP contribution in [0.1, 0.15) is 12.8 Å². The predicted octanol–water partition coefficient (Wildman–Crippen LogP) is 0.645. The Hall–Kier alpha value is -0.0500. The van der Waals surface area contributed by atoms with Crippen molar-refractivity contribution in [2.45, 2.75) is 17.7 Å². The number of alkyl halides is 1. The van der Waals surface area contributed by atoms with Crippen LogP contribution in [0.3, 0.4) is 0 Å². The minimum atomic E-state index is -0.229. The largest absolute Gasteiger partial charge is 0.369 e. The van der Waals surface area contributed by atoms with Gasteiger partial charge in [0.15, 0.2) is 0 Å². The van der Waals surface area contributed by atoms with Gasteiger partial charge in [0.25, 0.3) is 0 Å². The van der Waals surface area contributed by atoms with E-state index in [1.807, 2.05) is 0 Å². The Bertz CT molecular complexity index is 111. The third kappa shape index (κ3) is 1.22. The van der Waals surface area contributed by atoms with E-state index in [-0.39, 0.29) is 10.7 Å². The molecule has 0 saturated heterocycles. The number of amides is 1. The number of rotatable bonds is 2. The Labute approximate surface area is 56.6 Å². The minimum Gasteiger partial charge on any atom is -0.369 e. The topological polar surface area (TPSA) is 43.1 Å². The average Bonchev–Trinajstić information content (AvgIpc) is 2.43. The Kier molecular flexibility index (Phi) is 1.56. The summed E-state index contributed by atoms with van der Waals surface area (Å²) in [6.45, 7) is 0. The fourth-order valence-corrected chi connectivity index (χ4v) is 1.15. The molecule has 1 saturated carbocycles. The van der Waals surface area contributed by atoms with E-state index in [4.69, 9.17) is 5.73 Å². The fourth-order valence-electron chi connectivity index (χ4n) is 0.621. The monoisotopic (exact) mass is 177 g/mol. The van der Waals surface area contributed by atoms with E-state index in [9.17, 15) is 4.79 Å². The summed E-state index contributed by atoms with van der Waals surface area (Å²) in [6.07, 6.45) is 2.30. The number of primary amides is 1. The maximum absolute atomic E-state index is 10.4. The molecule has 0 aliphatic heterocycles. The van der Waals surface area contributed by atoms with Gasteiger partial charge in [-0.3, -0.25) is 4.79 Å². The van der Waals surface area contributed by atoms with E-state index in [0.29, 0.717) is 5.92 Å². The molecule has 0 aromatic rings. The van der Waals surface area contributed by atoms with E-state index >= 15 is 0 Å². The lowest BCUT2D eigenvalue weighted by Gasteiger charge is -1.98. The zero-order chi connectivity index (χ0) is 6.15. The lowest BCUT2D eigenvalue weighted by molar-refractivity contribution is -0.117. The van der Waals surface area contributed by atoms with Crippen molar-refractivity contribution in [1.29, 1.82) is 0 Å². The van der Waals surface area contributed by atoms with Crippen LogP contribution < -0.4 is 5.73 Å². The fraction of sp³-hybridized carbons (Fsp3) is 0.800. The van der Waals surface area contributed by atoms with Crippen LogP contribution in [-0.4, -0.2) is 10.7 Å². The zero-order valence-electron chi connectivity index (χ0n) is 4.43. The first-order chi connectivity index (χ1) is 3.72. The third-order valence-corrected chi connectivity index (χ3v) is 2.51. The van der Waals surface area contributed by atoms with Gasteiger partial charge in [0.05, 0.1) is 4.83 Å². The van der Waals surface area contributed by atoms with E-state index in [1.165, 1.54) is 0 Å². The molecule has 8 heavy (non-hydrogen) atoms. The molecule has 0 radical (unpaired) electrons. The summed E-state index contributed by atoms with van der Waals surface area (Å²) in [6, 6.07) is 0. The van der Waals surface area contributed by atoms with Crippen LogP contribution in [0.15, 0.2) is 0 Å². The Morgan fingerprint density at radius 1 is 1.75 bits per heavy atom. The van der Waals surface area contributed by atoms with Crippen molar-refractivity contribution >= 4 is 21.8 Å². The standard InChI is InChI=1S/C5H8BrNO/c6-4(5(7)8)3-1-2-3/h3-4H,1-2H2,(H2,7,8)/t4-/m0/s1. The number of carbonyl (C=O) groups excluding carboxylic acids is 1. The highest BCUT2D eigenvalue weighted by Crippen LogP contribution is 2.36. The van der Waals surface area contributed by atoms with E-state index in [2.05, 4.69) is 15.9 Å². The van der Waals surface area contributed by atoms with Crippen LogP contribution in [-0.2, 0) is 4.79 Å². The molecular formula is C5H8BrNO. The first-order valence-electron chi connectivity index (χ1n) is 2.65. The van der Waals surface area contributed by atoms with Crippen molar-refractivity contribution in [2.75, 3.05) is 0 Å². The van der Waals surface area contributed by atoms with Crippen molar-refractivity contribution in [3.8, 4) is 0 Å². The first-order valence-corrected chi connectivity index (χ1v) is 3.57. The van der Waals surface area contributed by atoms with Gasteiger partial charge in [-0.2, -0.15) is 0 Å². The number of hydrogen-bond acceptors (Lipinski definition) is 1. The van der Waals surface area contributed by atoms with Crippen LogP contribution in [0.5, 0.6) is 0 Å². The zero-order valence-corrected chi connectivity index (χ0v) is 6.02. The predicted molar refractivity (Wildman–Crippen MR) is 34.6 cm³/mol. The van der Waals surface area contributed by atoms with Crippen molar-refractivity contribution in [1.82, 2.24) is 0 Å². The summed E-state index contributed by atoms with van der Waals surface area (Å²) in [4.78, 5) is 10.3. The van der Waals surface area contributed by atoms with Gasteiger partial charge in [-0.25, -0.2) is 0 Å². The van der Waals surface area contributed by atoms with Crippen molar-refractivity contribution in [3.05, 3.63) is 0 Å². The molecule has 1 aliphatic rings. The molecule has 1 amide bonds. The Balaban J connectivity index is 2.32. The highest BCUT2D eigenvalue weighted by molar-refractivity contribution is 9.10. The maximum atomic E-state index is 10.4. The van der Waals surface area contributed by atoms with Gasteiger partial charge in [0.2, 0.25) is 5.91 Å². The summed E-state index contributed by atoms with van der Waals surface area (Å²) in [5, 5.41) is 0. The molecule has 3 heteroatoms. The number of halogens is 1. The summed E-state index contributed by atoms with van der Waals surface area (Å²) >= 11 is 3.19. The summed E-state index contributed by atoms with van der Waals surface area (Å²) in [5.41, 5.74) is 4.99. The molecule has 1 rings (SSSR count). The average molecular weight is 178 g/mol. The Morgan fingerprint density at radius 2 is 2.25 bits per heavy atom. The third-order valence-electron chi connectivity index (χ3n) is 1.31. The van der Waals surface area contributed by atoms with Crippen molar-refractivity contribution in [2.24, 2.45) is 11.7 Å². The minimum absolute atomic E-state index is 0.0671. The Morgan fingerprint density at radius 3 is 2.38 bits per heavy atom.